The molecule has 2 N–H and O–H groups in total. The summed E-state index contributed by atoms with van der Waals surface area (Å²) < 4.78 is 1.07. The van der Waals surface area contributed by atoms with Crippen molar-refractivity contribution in [1.82, 2.24) is 15.0 Å². The van der Waals surface area contributed by atoms with Gasteiger partial charge < -0.3 is 10.6 Å². The summed E-state index contributed by atoms with van der Waals surface area (Å²) in [4.78, 5) is 13.2. The monoisotopic (exact) mass is 333 g/mol. The highest BCUT2D eigenvalue weighted by Gasteiger charge is 2.05. The molecule has 0 bridgehead atoms. The van der Waals surface area contributed by atoms with Gasteiger partial charge in [-0.25, -0.2) is 0 Å². The number of nitrogens with zero attached hydrogens (tertiary/aromatic N) is 3. The Bertz CT molecular complexity index is 518. The summed E-state index contributed by atoms with van der Waals surface area (Å²) in [6, 6.07) is 2.00. The Labute approximate surface area is 116 Å². The molecular formula is C9H9BrClN5S. The van der Waals surface area contributed by atoms with E-state index < -0.39 is 0 Å². The van der Waals surface area contributed by atoms with E-state index in [1.54, 1.807) is 18.4 Å². The molecule has 8 heteroatoms. The van der Waals surface area contributed by atoms with Gasteiger partial charge in [0, 0.05) is 16.4 Å². The number of hydrogen-bond acceptors (Lipinski definition) is 6. The Morgan fingerprint density at radius 1 is 1.35 bits per heavy atom. The Balaban J connectivity index is 2.09. The summed E-state index contributed by atoms with van der Waals surface area (Å²) in [5.74, 6) is 0.896. The molecule has 2 rings (SSSR count). The molecule has 0 amide bonds. The van der Waals surface area contributed by atoms with Gasteiger partial charge >= 0.3 is 0 Å². The van der Waals surface area contributed by atoms with Crippen LogP contribution < -0.4 is 10.6 Å². The van der Waals surface area contributed by atoms with Crippen LogP contribution in [0.25, 0.3) is 0 Å². The van der Waals surface area contributed by atoms with Crippen LogP contribution in [0, 0.1) is 0 Å². The van der Waals surface area contributed by atoms with E-state index in [-0.39, 0.29) is 5.28 Å². The topological polar surface area (TPSA) is 62.7 Å². The van der Waals surface area contributed by atoms with Crippen molar-refractivity contribution >= 4 is 50.8 Å². The summed E-state index contributed by atoms with van der Waals surface area (Å²) in [5.41, 5.74) is 0. The molecule has 0 aliphatic carbocycles. The predicted molar refractivity (Wildman–Crippen MR) is 73.7 cm³/mol. The Hall–Kier alpha value is -0.920. The first-order chi connectivity index (χ1) is 8.19. The first kappa shape index (κ1) is 12.5. The van der Waals surface area contributed by atoms with Crippen molar-refractivity contribution in [2.24, 2.45) is 0 Å². The summed E-state index contributed by atoms with van der Waals surface area (Å²) >= 11 is 10.9. The first-order valence-electron chi connectivity index (χ1n) is 4.74. The third-order valence-electron chi connectivity index (χ3n) is 1.93. The van der Waals surface area contributed by atoms with E-state index in [4.69, 9.17) is 11.6 Å². The van der Waals surface area contributed by atoms with Gasteiger partial charge in [0.25, 0.3) is 0 Å². The zero-order valence-electron chi connectivity index (χ0n) is 8.87. The normalized spacial score (nSPS) is 10.3. The van der Waals surface area contributed by atoms with Crippen LogP contribution in [0.5, 0.6) is 0 Å². The van der Waals surface area contributed by atoms with Crippen LogP contribution >= 0.6 is 38.9 Å². The fourth-order valence-electron chi connectivity index (χ4n) is 1.15. The molecule has 0 saturated heterocycles. The summed E-state index contributed by atoms with van der Waals surface area (Å²) in [6.45, 7) is 0.641. The van der Waals surface area contributed by atoms with E-state index in [2.05, 4.69) is 41.5 Å². The Morgan fingerprint density at radius 2 is 2.12 bits per heavy atom. The van der Waals surface area contributed by atoms with Crippen molar-refractivity contribution in [3.05, 3.63) is 26.1 Å². The van der Waals surface area contributed by atoms with Crippen LogP contribution in [0.3, 0.4) is 0 Å². The van der Waals surface area contributed by atoms with Crippen LogP contribution in [-0.2, 0) is 6.54 Å². The van der Waals surface area contributed by atoms with Crippen molar-refractivity contribution in [3.63, 3.8) is 0 Å². The second-order valence-corrected chi connectivity index (χ2v) is 5.24. The molecule has 0 unspecified atom stereocenters. The minimum absolute atomic E-state index is 0.164. The van der Waals surface area contributed by atoms with Crippen LogP contribution in [0.15, 0.2) is 15.9 Å². The van der Waals surface area contributed by atoms with E-state index in [1.165, 1.54) is 4.88 Å². The molecule has 0 aliphatic heterocycles. The number of halogens is 2. The lowest BCUT2D eigenvalue weighted by Crippen LogP contribution is -2.06. The molecule has 0 aliphatic rings. The molecular weight excluding hydrogens is 326 g/mol. The molecule has 0 spiro atoms. The van der Waals surface area contributed by atoms with Gasteiger partial charge in [0.1, 0.15) is 0 Å². The number of nitrogens with one attached hydrogen (secondary N) is 2. The lowest BCUT2D eigenvalue weighted by molar-refractivity contribution is 1.01. The molecule has 0 saturated carbocycles. The number of hydrogen-bond donors (Lipinski definition) is 2. The number of thiophene rings is 1. The van der Waals surface area contributed by atoms with E-state index in [0.29, 0.717) is 18.4 Å². The second kappa shape index (κ2) is 5.61. The average Bonchev–Trinajstić information content (AvgIpc) is 2.71. The van der Waals surface area contributed by atoms with Crippen molar-refractivity contribution in [2.45, 2.75) is 6.54 Å². The standard InChI is InChI=1S/C9H9BrClN5S/c1-12-8-14-7(11)15-9(16-8)13-4-6-5(10)2-3-17-6/h2-3H,4H2,1H3,(H2,12,13,14,15,16). The Morgan fingerprint density at radius 3 is 2.76 bits per heavy atom. The predicted octanol–water partition coefficient (Wildman–Crippen LogP) is 3.00. The fourth-order valence-corrected chi connectivity index (χ4v) is 2.74. The third kappa shape index (κ3) is 3.27. The lowest BCUT2D eigenvalue weighted by Gasteiger charge is -2.05. The van der Waals surface area contributed by atoms with Gasteiger partial charge in [-0.05, 0) is 39.0 Å². The highest BCUT2D eigenvalue weighted by molar-refractivity contribution is 9.10. The maximum absolute atomic E-state index is 5.77. The first-order valence-corrected chi connectivity index (χ1v) is 6.79. The highest BCUT2D eigenvalue weighted by Crippen LogP contribution is 2.23. The van der Waals surface area contributed by atoms with E-state index in [1.807, 2.05) is 11.4 Å². The van der Waals surface area contributed by atoms with Gasteiger partial charge in [0.2, 0.25) is 17.2 Å². The van der Waals surface area contributed by atoms with Crippen LogP contribution in [0.1, 0.15) is 4.88 Å². The maximum atomic E-state index is 5.77. The zero-order valence-corrected chi connectivity index (χ0v) is 12.0. The molecule has 5 nitrogen and oxygen atoms in total. The highest BCUT2D eigenvalue weighted by atomic mass is 79.9. The minimum Gasteiger partial charge on any atom is -0.357 e. The summed E-state index contributed by atoms with van der Waals surface area (Å²) in [5, 5.41) is 8.09. The molecule has 0 atom stereocenters. The van der Waals surface area contributed by atoms with Gasteiger partial charge in [-0.3, -0.25) is 0 Å². The van der Waals surface area contributed by atoms with Gasteiger partial charge in [0.05, 0.1) is 6.54 Å². The average molecular weight is 335 g/mol. The SMILES string of the molecule is CNc1nc(Cl)nc(NCc2sccc2Br)n1. The molecule has 0 radical (unpaired) electrons. The second-order valence-electron chi connectivity index (χ2n) is 3.05. The van der Waals surface area contributed by atoms with Crippen molar-refractivity contribution in [3.8, 4) is 0 Å². The molecule has 17 heavy (non-hydrogen) atoms. The van der Waals surface area contributed by atoms with Crippen molar-refractivity contribution < 1.29 is 0 Å². The van der Waals surface area contributed by atoms with Gasteiger partial charge in [-0.15, -0.1) is 11.3 Å². The van der Waals surface area contributed by atoms with Crippen molar-refractivity contribution in [1.29, 1.82) is 0 Å². The van der Waals surface area contributed by atoms with E-state index in [9.17, 15) is 0 Å². The van der Waals surface area contributed by atoms with Gasteiger partial charge in [-0.2, -0.15) is 15.0 Å². The Kier molecular flexibility index (Phi) is 4.14. The number of anilines is 2. The number of aromatic nitrogens is 3. The van der Waals surface area contributed by atoms with Crippen LogP contribution in [0.2, 0.25) is 5.28 Å². The van der Waals surface area contributed by atoms with Gasteiger partial charge in [-0.1, -0.05) is 0 Å². The number of rotatable bonds is 4. The largest absolute Gasteiger partial charge is 0.357 e. The molecule has 2 aromatic heterocycles. The maximum Gasteiger partial charge on any atom is 0.229 e. The third-order valence-corrected chi connectivity index (χ3v) is 4.03. The van der Waals surface area contributed by atoms with Crippen molar-refractivity contribution in [2.75, 3.05) is 17.7 Å². The van der Waals surface area contributed by atoms with Gasteiger partial charge in [0.15, 0.2) is 0 Å². The van der Waals surface area contributed by atoms with Crippen LogP contribution in [-0.4, -0.2) is 22.0 Å². The quantitative estimate of drug-likeness (QED) is 0.900. The smallest absolute Gasteiger partial charge is 0.229 e. The van der Waals surface area contributed by atoms with E-state index >= 15 is 0 Å². The summed E-state index contributed by atoms with van der Waals surface area (Å²) in [7, 11) is 1.73. The minimum atomic E-state index is 0.164. The lowest BCUT2D eigenvalue weighted by atomic mass is 10.5. The van der Waals surface area contributed by atoms with Crippen LogP contribution in [0.4, 0.5) is 11.9 Å². The summed E-state index contributed by atoms with van der Waals surface area (Å²) in [6.07, 6.45) is 0. The molecule has 90 valence electrons. The molecule has 2 heterocycles. The molecule has 0 fully saturated rings. The molecule has 2 aromatic rings. The fraction of sp³-hybridized carbons (Fsp3) is 0.222. The molecule has 0 aromatic carbocycles. The zero-order chi connectivity index (χ0) is 12.3. The van der Waals surface area contributed by atoms with E-state index in [0.717, 1.165) is 4.47 Å².